The van der Waals surface area contributed by atoms with Gasteiger partial charge in [0, 0.05) is 37.0 Å². The van der Waals surface area contributed by atoms with Crippen molar-refractivity contribution in [2.45, 2.75) is 19.3 Å². The van der Waals surface area contributed by atoms with Crippen LogP contribution in [-0.2, 0) is 4.79 Å². The maximum Gasteiger partial charge on any atom is 0.229 e. The Labute approximate surface area is 201 Å². The summed E-state index contributed by atoms with van der Waals surface area (Å²) in [6.45, 7) is 6.20. The molecule has 9 heteroatoms. The van der Waals surface area contributed by atoms with E-state index in [-0.39, 0.29) is 0 Å². The molecule has 0 unspecified atom stereocenters. The molecule has 9 nitrogen and oxygen atoms in total. The van der Waals surface area contributed by atoms with E-state index in [9.17, 15) is 4.79 Å². The Morgan fingerprint density at radius 3 is 2.68 bits per heavy atom. The molecule has 1 aromatic carbocycles. The molecule has 4 rings (SSSR count). The van der Waals surface area contributed by atoms with Crippen LogP contribution in [0.15, 0.2) is 30.5 Å². The monoisotopic (exact) mass is 468 g/mol. The van der Waals surface area contributed by atoms with Crippen LogP contribution in [0, 0.1) is 11.8 Å². The third kappa shape index (κ3) is 6.80. The Balaban J connectivity index is 1.31. The number of methoxy groups -OCH3 is 1. The van der Waals surface area contributed by atoms with E-state index in [0.717, 1.165) is 75.5 Å². The van der Waals surface area contributed by atoms with Crippen LogP contribution in [0.4, 0.5) is 17.5 Å². The van der Waals surface area contributed by atoms with Crippen molar-refractivity contribution in [1.29, 1.82) is 0 Å². The number of benzene rings is 1. The molecule has 184 valence electrons. The first-order valence-electron chi connectivity index (χ1n) is 12.1. The van der Waals surface area contributed by atoms with Crippen LogP contribution in [0.25, 0.3) is 0 Å². The van der Waals surface area contributed by atoms with Gasteiger partial charge in [0.15, 0.2) is 11.5 Å². The van der Waals surface area contributed by atoms with Gasteiger partial charge in [0.1, 0.15) is 12.1 Å². The van der Waals surface area contributed by atoms with Gasteiger partial charge in [0.25, 0.3) is 0 Å². The molecule has 0 aliphatic carbocycles. The average molecular weight is 469 g/mol. The van der Waals surface area contributed by atoms with Gasteiger partial charge in [-0.2, -0.15) is 4.98 Å². The Hall–Kier alpha value is -2.91. The summed E-state index contributed by atoms with van der Waals surface area (Å²) in [6.07, 6.45) is 6.07. The lowest BCUT2D eigenvalue weighted by molar-refractivity contribution is -0.109. The highest BCUT2D eigenvalue weighted by Crippen LogP contribution is 2.32. The van der Waals surface area contributed by atoms with E-state index in [1.54, 1.807) is 13.3 Å². The van der Waals surface area contributed by atoms with Crippen molar-refractivity contribution in [1.82, 2.24) is 19.8 Å². The van der Waals surface area contributed by atoms with Crippen LogP contribution < -0.4 is 20.1 Å². The van der Waals surface area contributed by atoms with Crippen LogP contribution in [-0.4, -0.2) is 86.1 Å². The molecule has 0 spiro atoms. The third-order valence-electron chi connectivity index (χ3n) is 6.65. The lowest BCUT2D eigenvalue weighted by Crippen LogP contribution is -2.36. The second kappa shape index (κ2) is 12.0. The van der Waals surface area contributed by atoms with Crippen LogP contribution in [0.5, 0.6) is 11.5 Å². The number of nitrogens with one attached hydrogen (secondary N) is 2. The van der Waals surface area contributed by atoms with Crippen molar-refractivity contribution in [2.75, 3.05) is 70.7 Å². The molecular weight excluding hydrogens is 432 g/mol. The molecule has 0 saturated carbocycles. The second-order valence-electron chi connectivity index (χ2n) is 9.28. The Morgan fingerprint density at radius 1 is 1.12 bits per heavy atom. The standard InChI is InChI=1S/C25H36N6O3/c1-30-10-6-20(17-30)18-34-23-15-21(3-4-22(23)33-2)28-25-26-9-5-24(29-25)27-16-19-7-11-31(12-8-19)13-14-32/h3-5,9,14-15,19-20H,6-8,10-13,16-18H2,1-2H3,(H2,26,27,28,29)/t20-/m1/s1. The highest BCUT2D eigenvalue weighted by atomic mass is 16.5. The Bertz CT molecular complexity index is 935. The molecule has 1 atom stereocenters. The molecule has 2 fully saturated rings. The van der Waals surface area contributed by atoms with E-state index in [1.165, 1.54) is 0 Å². The number of likely N-dealkylation sites (tertiary alicyclic amines) is 2. The summed E-state index contributed by atoms with van der Waals surface area (Å²) in [4.78, 5) is 24.2. The van der Waals surface area contributed by atoms with Gasteiger partial charge in [0.05, 0.1) is 20.3 Å². The van der Waals surface area contributed by atoms with E-state index in [2.05, 4.69) is 37.4 Å². The van der Waals surface area contributed by atoms with Gasteiger partial charge in [-0.3, -0.25) is 4.90 Å². The van der Waals surface area contributed by atoms with Crippen molar-refractivity contribution >= 4 is 23.7 Å². The maximum atomic E-state index is 10.7. The molecule has 3 heterocycles. The molecule has 2 N–H and O–H groups in total. The van der Waals surface area contributed by atoms with Crippen LogP contribution in [0.1, 0.15) is 19.3 Å². The number of hydrogen-bond donors (Lipinski definition) is 2. The molecule has 0 bridgehead atoms. The summed E-state index contributed by atoms with van der Waals surface area (Å²) in [5.74, 6) is 3.87. The van der Waals surface area contributed by atoms with Gasteiger partial charge < -0.3 is 29.8 Å². The molecular formula is C25H36N6O3. The summed E-state index contributed by atoms with van der Waals surface area (Å²) >= 11 is 0. The van der Waals surface area contributed by atoms with Crippen molar-refractivity contribution in [3.8, 4) is 11.5 Å². The summed E-state index contributed by atoms with van der Waals surface area (Å²) < 4.78 is 11.6. The SMILES string of the molecule is COc1ccc(Nc2nccc(NCC3CCN(CC=O)CC3)n2)cc1OC[C@@H]1CCN(C)C1. The van der Waals surface area contributed by atoms with E-state index in [1.807, 2.05) is 24.3 Å². The minimum atomic E-state index is 0.527. The smallest absolute Gasteiger partial charge is 0.229 e. The van der Waals surface area contributed by atoms with Crippen LogP contribution in [0.3, 0.4) is 0 Å². The Morgan fingerprint density at radius 2 is 1.94 bits per heavy atom. The van der Waals surface area contributed by atoms with E-state index < -0.39 is 0 Å². The first-order valence-corrected chi connectivity index (χ1v) is 12.1. The molecule has 2 saturated heterocycles. The Kier molecular flexibility index (Phi) is 8.54. The number of aromatic nitrogens is 2. The predicted octanol–water partition coefficient (Wildman–Crippen LogP) is 2.88. The topological polar surface area (TPSA) is 91.9 Å². The third-order valence-corrected chi connectivity index (χ3v) is 6.65. The van der Waals surface area contributed by atoms with E-state index in [0.29, 0.717) is 36.7 Å². The second-order valence-corrected chi connectivity index (χ2v) is 9.28. The molecule has 0 amide bonds. The fraction of sp³-hybridized carbons (Fsp3) is 0.560. The summed E-state index contributed by atoms with van der Waals surface area (Å²) in [5.41, 5.74) is 0.846. The number of hydrogen-bond acceptors (Lipinski definition) is 9. The number of carbonyl (C=O) groups is 1. The molecule has 2 aliphatic heterocycles. The van der Waals surface area contributed by atoms with Gasteiger partial charge >= 0.3 is 0 Å². The number of ether oxygens (including phenoxy) is 2. The van der Waals surface area contributed by atoms with Gasteiger partial charge in [0.2, 0.25) is 5.95 Å². The molecule has 34 heavy (non-hydrogen) atoms. The number of nitrogens with zero attached hydrogens (tertiary/aromatic N) is 4. The highest BCUT2D eigenvalue weighted by Gasteiger charge is 2.21. The molecule has 1 aromatic heterocycles. The summed E-state index contributed by atoms with van der Waals surface area (Å²) in [5, 5.41) is 6.73. The largest absolute Gasteiger partial charge is 0.493 e. The predicted molar refractivity (Wildman–Crippen MR) is 133 cm³/mol. The lowest BCUT2D eigenvalue weighted by atomic mass is 9.97. The van der Waals surface area contributed by atoms with Crippen molar-refractivity contribution in [3.05, 3.63) is 30.5 Å². The molecule has 2 aromatic rings. The zero-order valence-electron chi connectivity index (χ0n) is 20.2. The first kappa shape index (κ1) is 24.2. The molecule has 0 radical (unpaired) electrons. The van der Waals surface area contributed by atoms with Crippen molar-refractivity contribution in [2.24, 2.45) is 11.8 Å². The first-order chi connectivity index (χ1) is 16.6. The normalized spacial score (nSPS) is 19.6. The zero-order valence-corrected chi connectivity index (χ0v) is 20.2. The fourth-order valence-corrected chi connectivity index (χ4v) is 4.61. The number of piperidine rings is 1. The van der Waals surface area contributed by atoms with E-state index in [4.69, 9.17) is 9.47 Å². The van der Waals surface area contributed by atoms with Gasteiger partial charge in [-0.25, -0.2) is 4.98 Å². The number of rotatable bonds is 11. The minimum Gasteiger partial charge on any atom is -0.493 e. The van der Waals surface area contributed by atoms with Crippen molar-refractivity contribution in [3.63, 3.8) is 0 Å². The summed E-state index contributed by atoms with van der Waals surface area (Å²) in [6, 6.07) is 7.66. The quantitative estimate of drug-likeness (QED) is 0.483. The van der Waals surface area contributed by atoms with E-state index >= 15 is 0 Å². The van der Waals surface area contributed by atoms with Gasteiger partial charge in [-0.1, -0.05) is 0 Å². The summed E-state index contributed by atoms with van der Waals surface area (Å²) in [7, 11) is 3.80. The maximum absolute atomic E-state index is 10.7. The van der Waals surface area contributed by atoms with Crippen molar-refractivity contribution < 1.29 is 14.3 Å². The zero-order chi connectivity index (χ0) is 23.8. The molecule has 2 aliphatic rings. The fourth-order valence-electron chi connectivity index (χ4n) is 4.61. The lowest BCUT2D eigenvalue weighted by Gasteiger charge is -2.30. The van der Waals surface area contributed by atoms with Gasteiger partial charge in [-0.05, 0) is 70.1 Å². The van der Waals surface area contributed by atoms with Gasteiger partial charge in [-0.15, -0.1) is 0 Å². The highest BCUT2D eigenvalue weighted by molar-refractivity contribution is 5.60. The number of anilines is 3. The minimum absolute atomic E-state index is 0.527. The number of carbonyl (C=O) groups excluding carboxylic acids is 1. The van der Waals surface area contributed by atoms with Crippen LogP contribution in [0.2, 0.25) is 0 Å². The number of aldehydes is 1. The van der Waals surface area contributed by atoms with Crippen LogP contribution >= 0.6 is 0 Å². The average Bonchev–Trinajstić information content (AvgIpc) is 3.28.